The summed E-state index contributed by atoms with van der Waals surface area (Å²) < 4.78 is 0. The van der Waals surface area contributed by atoms with Gasteiger partial charge in [-0.3, -0.25) is 9.89 Å². The molecular weight excluding hydrogens is 180 g/mol. The highest BCUT2D eigenvalue weighted by Gasteiger charge is 2.16. The first-order valence-corrected chi connectivity index (χ1v) is 4.17. The van der Waals surface area contributed by atoms with Gasteiger partial charge in [-0.2, -0.15) is 10.2 Å². The van der Waals surface area contributed by atoms with E-state index >= 15 is 0 Å². The van der Waals surface area contributed by atoms with Crippen molar-refractivity contribution in [2.24, 2.45) is 5.10 Å². The van der Waals surface area contributed by atoms with Crippen molar-refractivity contribution in [2.45, 2.75) is 0 Å². The number of hydrazone groups is 1. The molecule has 2 heterocycles. The minimum atomic E-state index is -0.202. The van der Waals surface area contributed by atoms with Crippen molar-refractivity contribution in [3.05, 3.63) is 29.5 Å². The lowest BCUT2D eigenvalue weighted by molar-refractivity contribution is 0.0957. The van der Waals surface area contributed by atoms with E-state index in [2.05, 4.69) is 20.7 Å². The molecule has 1 aliphatic rings. The van der Waals surface area contributed by atoms with Crippen molar-refractivity contribution in [1.29, 1.82) is 0 Å². The van der Waals surface area contributed by atoms with Crippen LogP contribution in [0.1, 0.15) is 16.1 Å². The van der Waals surface area contributed by atoms with Gasteiger partial charge in [0.1, 0.15) is 5.69 Å². The molecule has 0 spiro atoms. The van der Waals surface area contributed by atoms with Crippen LogP contribution in [0.25, 0.3) is 10.9 Å². The van der Waals surface area contributed by atoms with E-state index < -0.39 is 0 Å². The van der Waals surface area contributed by atoms with Crippen molar-refractivity contribution in [3.63, 3.8) is 0 Å². The third-order valence-electron chi connectivity index (χ3n) is 2.21. The molecule has 0 saturated carbocycles. The number of carbonyl (C=O) groups excluding carboxylic acids is 1. The highest BCUT2D eigenvalue weighted by Crippen LogP contribution is 2.20. The second kappa shape index (κ2) is 2.41. The van der Waals surface area contributed by atoms with Crippen LogP contribution >= 0.6 is 0 Å². The molecule has 1 amide bonds. The number of aromatic nitrogens is 2. The van der Waals surface area contributed by atoms with E-state index in [-0.39, 0.29) is 5.91 Å². The molecule has 0 radical (unpaired) electrons. The van der Waals surface area contributed by atoms with Gasteiger partial charge in [0.05, 0.1) is 17.3 Å². The number of amides is 1. The van der Waals surface area contributed by atoms with Crippen molar-refractivity contribution < 1.29 is 4.79 Å². The maximum atomic E-state index is 11.5. The highest BCUT2D eigenvalue weighted by atomic mass is 16.2. The SMILES string of the molecule is O=C1NN=Cc2n[nH]c3cccc1c23. The van der Waals surface area contributed by atoms with Crippen LogP contribution in [0, 0.1) is 0 Å². The maximum absolute atomic E-state index is 11.5. The summed E-state index contributed by atoms with van der Waals surface area (Å²) >= 11 is 0. The van der Waals surface area contributed by atoms with Crippen LogP contribution in [0.2, 0.25) is 0 Å². The Hall–Kier alpha value is -2.17. The Morgan fingerprint density at radius 3 is 3.14 bits per heavy atom. The second-order valence-electron chi connectivity index (χ2n) is 3.04. The molecule has 1 aromatic heterocycles. The minimum Gasteiger partial charge on any atom is -0.277 e. The number of rotatable bonds is 0. The van der Waals surface area contributed by atoms with Crippen LogP contribution in [-0.2, 0) is 0 Å². The summed E-state index contributed by atoms with van der Waals surface area (Å²) in [4.78, 5) is 11.5. The van der Waals surface area contributed by atoms with Crippen molar-refractivity contribution >= 4 is 23.0 Å². The van der Waals surface area contributed by atoms with E-state index in [9.17, 15) is 4.79 Å². The zero-order valence-corrected chi connectivity index (χ0v) is 7.11. The molecule has 0 bridgehead atoms. The third kappa shape index (κ3) is 0.806. The fourth-order valence-electron chi connectivity index (χ4n) is 1.59. The smallest absolute Gasteiger partial charge is 0.272 e. The number of H-pyrrole nitrogens is 1. The average Bonchev–Trinajstić information content (AvgIpc) is 2.53. The molecule has 1 aromatic carbocycles. The highest BCUT2D eigenvalue weighted by molar-refractivity contribution is 6.12. The molecule has 1 aliphatic heterocycles. The Kier molecular flexibility index (Phi) is 1.25. The van der Waals surface area contributed by atoms with Crippen LogP contribution in [-0.4, -0.2) is 22.3 Å². The van der Waals surface area contributed by atoms with Crippen molar-refractivity contribution in [1.82, 2.24) is 15.6 Å². The Bertz CT molecular complexity index is 555. The molecule has 0 unspecified atom stereocenters. The van der Waals surface area contributed by atoms with Crippen LogP contribution in [0.5, 0.6) is 0 Å². The van der Waals surface area contributed by atoms with E-state index in [4.69, 9.17) is 0 Å². The predicted octanol–water partition coefficient (Wildman–Crippen LogP) is 0.640. The van der Waals surface area contributed by atoms with Crippen LogP contribution in [0.3, 0.4) is 0 Å². The molecule has 14 heavy (non-hydrogen) atoms. The summed E-state index contributed by atoms with van der Waals surface area (Å²) in [7, 11) is 0. The quantitative estimate of drug-likeness (QED) is 0.633. The van der Waals surface area contributed by atoms with E-state index in [0.717, 1.165) is 10.9 Å². The van der Waals surface area contributed by atoms with Gasteiger partial charge in [-0.05, 0) is 12.1 Å². The standard InChI is InChI=1S/C9H6N4O/c14-9-5-2-1-3-6-8(5)7(12-11-6)4-10-13-9/h1-4H,(H,11,12)(H,13,14). The predicted molar refractivity (Wildman–Crippen MR) is 51.2 cm³/mol. The number of nitrogens with one attached hydrogen (secondary N) is 2. The molecular formula is C9H6N4O. The van der Waals surface area contributed by atoms with Gasteiger partial charge < -0.3 is 0 Å². The minimum absolute atomic E-state index is 0.202. The zero-order chi connectivity index (χ0) is 9.54. The summed E-state index contributed by atoms with van der Waals surface area (Å²) in [6.45, 7) is 0. The second-order valence-corrected chi connectivity index (χ2v) is 3.04. The normalized spacial score (nSPS) is 14.1. The first-order valence-electron chi connectivity index (χ1n) is 4.17. The fraction of sp³-hybridized carbons (Fsp3) is 0. The van der Waals surface area contributed by atoms with Crippen LogP contribution in [0.4, 0.5) is 0 Å². The fourth-order valence-corrected chi connectivity index (χ4v) is 1.59. The molecule has 68 valence electrons. The number of hydrogen-bond donors (Lipinski definition) is 2. The lowest BCUT2D eigenvalue weighted by atomic mass is 10.1. The largest absolute Gasteiger partial charge is 0.277 e. The monoisotopic (exact) mass is 186 g/mol. The van der Waals surface area contributed by atoms with Crippen LogP contribution < -0.4 is 5.43 Å². The topological polar surface area (TPSA) is 70.1 Å². The molecule has 3 rings (SSSR count). The average molecular weight is 186 g/mol. The number of aromatic amines is 1. The van der Waals surface area contributed by atoms with E-state index in [1.54, 1.807) is 6.07 Å². The first kappa shape index (κ1) is 7.25. The molecule has 0 saturated heterocycles. The molecule has 0 aliphatic carbocycles. The first-order chi connectivity index (χ1) is 6.86. The maximum Gasteiger partial charge on any atom is 0.272 e. The number of benzene rings is 1. The molecule has 2 N–H and O–H groups in total. The lowest BCUT2D eigenvalue weighted by Gasteiger charge is -1.98. The summed E-state index contributed by atoms with van der Waals surface area (Å²) in [6, 6.07) is 5.44. The van der Waals surface area contributed by atoms with Gasteiger partial charge in [-0.15, -0.1) is 0 Å². The molecule has 5 nitrogen and oxygen atoms in total. The Morgan fingerprint density at radius 1 is 1.29 bits per heavy atom. The molecule has 5 heteroatoms. The molecule has 2 aromatic rings. The number of carbonyl (C=O) groups is 1. The summed E-state index contributed by atoms with van der Waals surface area (Å²) in [5, 5.41) is 11.5. The van der Waals surface area contributed by atoms with Gasteiger partial charge in [0.25, 0.3) is 5.91 Å². The van der Waals surface area contributed by atoms with Gasteiger partial charge in [0.15, 0.2) is 0 Å². The van der Waals surface area contributed by atoms with Gasteiger partial charge in [0, 0.05) is 5.39 Å². The number of hydrogen-bond acceptors (Lipinski definition) is 3. The van der Waals surface area contributed by atoms with Gasteiger partial charge >= 0.3 is 0 Å². The lowest BCUT2D eigenvalue weighted by Crippen LogP contribution is -2.16. The summed E-state index contributed by atoms with van der Waals surface area (Å²) in [5.74, 6) is -0.202. The zero-order valence-electron chi connectivity index (χ0n) is 7.11. The molecule has 0 atom stereocenters. The van der Waals surface area contributed by atoms with E-state index in [1.165, 1.54) is 6.21 Å². The van der Waals surface area contributed by atoms with Gasteiger partial charge in [-0.25, -0.2) is 5.43 Å². The van der Waals surface area contributed by atoms with Gasteiger partial charge in [-0.1, -0.05) is 6.07 Å². The van der Waals surface area contributed by atoms with Crippen molar-refractivity contribution in [2.75, 3.05) is 0 Å². The van der Waals surface area contributed by atoms with Gasteiger partial charge in [0.2, 0.25) is 0 Å². The Morgan fingerprint density at radius 2 is 2.21 bits per heavy atom. The van der Waals surface area contributed by atoms with E-state index in [1.807, 2.05) is 12.1 Å². The summed E-state index contributed by atoms with van der Waals surface area (Å²) in [6.07, 6.45) is 1.53. The summed E-state index contributed by atoms with van der Waals surface area (Å²) in [5.41, 5.74) is 4.55. The Balaban J connectivity index is 2.52. The van der Waals surface area contributed by atoms with Crippen molar-refractivity contribution in [3.8, 4) is 0 Å². The van der Waals surface area contributed by atoms with Crippen LogP contribution in [0.15, 0.2) is 23.3 Å². The van der Waals surface area contributed by atoms with E-state index in [0.29, 0.717) is 11.3 Å². The Labute approximate surface area is 78.8 Å². The number of nitrogens with zero attached hydrogens (tertiary/aromatic N) is 2. The third-order valence-corrected chi connectivity index (χ3v) is 2.21. The molecule has 0 fully saturated rings.